The normalized spacial score (nSPS) is 12.4. The second kappa shape index (κ2) is 6.80. The van der Waals surface area contributed by atoms with Crippen molar-refractivity contribution >= 4 is 11.0 Å². The number of hydrogen-bond acceptors (Lipinski definition) is 1. The van der Waals surface area contributed by atoms with Crippen LogP contribution in [-0.2, 0) is 0 Å². The number of nitrogens with zero attached hydrogens (tertiary/aromatic N) is 1. The molecule has 1 aromatic heterocycles. The fourth-order valence-corrected chi connectivity index (χ4v) is 3.41. The SMILES string of the molecule is CCC(C)c1ccc(-c2ccc(-c3ccc4nc(C)[nH]c4c3)cc2)cc1. The van der Waals surface area contributed by atoms with Gasteiger partial charge in [-0.3, -0.25) is 0 Å². The molecule has 1 atom stereocenters. The van der Waals surface area contributed by atoms with Crippen LogP contribution >= 0.6 is 0 Å². The van der Waals surface area contributed by atoms with E-state index in [-0.39, 0.29) is 0 Å². The minimum Gasteiger partial charge on any atom is -0.342 e. The lowest BCUT2D eigenvalue weighted by Gasteiger charge is -2.10. The zero-order valence-corrected chi connectivity index (χ0v) is 15.6. The molecule has 0 aliphatic heterocycles. The number of nitrogens with one attached hydrogen (secondary N) is 1. The molecule has 1 N–H and O–H groups in total. The average Bonchev–Trinajstić information content (AvgIpc) is 3.07. The molecule has 26 heavy (non-hydrogen) atoms. The Hall–Kier alpha value is -2.87. The Morgan fingerprint density at radius 1 is 0.808 bits per heavy atom. The van der Waals surface area contributed by atoms with Gasteiger partial charge < -0.3 is 4.98 Å². The van der Waals surface area contributed by atoms with Gasteiger partial charge in [-0.25, -0.2) is 4.98 Å². The molecule has 0 amide bonds. The highest BCUT2D eigenvalue weighted by atomic mass is 14.9. The Balaban J connectivity index is 1.61. The summed E-state index contributed by atoms with van der Waals surface area (Å²) in [4.78, 5) is 7.79. The van der Waals surface area contributed by atoms with Crippen molar-refractivity contribution in [1.82, 2.24) is 9.97 Å². The maximum absolute atomic E-state index is 4.47. The largest absolute Gasteiger partial charge is 0.342 e. The van der Waals surface area contributed by atoms with Crippen LogP contribution in [0.4, 0.5) is 0 Å². The summed E-state index contributed by atoms with van der Waals surface area (Å²) >= 11 is 0. The van der Waals surface area contributed by atoms with E-state index in [4.69, 9.17) is 0 Å². The van der Waals surface area contributed by atoms with Crippen LogP contribution in [0.15, 0.2) is 66.7 Å². The van der Waals surface area contributed by atoms with E-state index in [0.717, 1.165) is 16.9 Å². The molecule has 0 radical (unpaired) electrons. The maximum atomic E-state index is 4.47. The number of aryl methyl sites for hydroxylation is 1. The molecule has 0 saturated heterocycles. The van der Waals surface area contributed by atoms with Gasteiger partial charge in [-0.2, -0.15) is 0 Å². The van der Waals surface area contributed by atoms with Gasteiger partial charge in [0.25, 0.3) is 0 Å². The highest BCUT2D eigenvalue weighted by Crippen LogP contribution is 2.28. The molecule has 1 heterocycles. The smallest absolute Gasteiger partial charge is 0.104 e. The number of aromatic amines is 1. The molecule has 2 heteroatoms. The summed E-state index contributed by atoms with van der Waals surface area (Å²) in [5.74, 6) is 1.57. The van der Waals surface area contributed by atoms with E-state index >= 15 is 0 Å². The fraction of sp³-hybridized carbons (Fsp3) is 0.208. The summed E-state index contributed by atoms with van der Waals surface area (Å²) < 4.78 is 0. The lowest BCUT2D eigenvalue weighted by atomic mass is 9.95. The summed E-state index contributed by atoms with van der Waals surface area (Å²) in [5.41, 5.74) is 8.47. The van der Waals surface area contributed by atoms with E-state index in [2.05, 4.69) is 90.5 Å². The van der Waals surface area contributed by atoms with Crippen molar-refractivity contribution in [2.45, 2.75) is 33.1 Å². The summed E-state index contributed by atoms with van der Waals surface area (Å²) in [6.07, 6.45) is 1.17. The standard InChI is InChI=1S/C24H24N2/c1-4-16(2)18-5-7-19(8-6-18)20-9-11-21(12-10-20)22-13-14-23-24(15-22)26-17(3)25-23/h5-16H,4H2,1-3H3,(H,25,26). The molecule has 4 rings (SSSR count). The maximum Gasteiger partial charge on any atom is 0.104 e. The van der Waals surface area contributed by atoms with Crippen molar-refractivity contribution in [2.24, 2.45) is 0 Å². The Kier molecular flexibility index (Phi) is 4.34. The molecular weight excluding hydrogens is 316 g/mol. The molecule has 0 aliphatic rings. The minimum absolute atomic E-state index is 0.618. The van der Waals surface area contributed by atoms with Crippen LogP contribution in [0.5, 0.6) is 0 Å². The van der Waals surface area contributed by atoms with Crippen LogP contribution < -0.4 is 0 Å². The van der Waals surface area contributed by atoms with Gasteiger partial charge in [-0.15, -0.1) is 0 Å². The van der Waals surface area contributed by atoms with Gasteiger partial charge in [0.1, 0.15) is 5.82 Å². The Morgan fingerprint density at radius 2 is 1.35 bits per heavy atom. The summed E-state index contributed by atoms with van der Waals surface area (Å²) in [6, 6.07) is 24.2. The van der Waals surface area contributed by atoms with Crippen molar-refractivity contribution in [3.8, 4) is 22.3 Å². The third-order valence-electron chi connectivity index (χ3n) is 5.24. The van der Waals surface area contributed by atoms with Crippen LogP contribution in [0.1, 0.15) is 37.6 Å². The van der Waals surface area contributed by atoms with Gasteiger partial charge in [0, 0.05) is 0 Å². The van der Waals surface area contributed by atoms with Gasteiger partial charge in [-0.1, -0.05) is 68.4 Å². The molecule has 130 valence electrons. The second-order valence-corrected chi connectivity index (χ2v) is 7.06. The van der Waals surface area contributed by atoms with Gasteiger partial charge in [0.15, 0.2) is 0 Å². The van der Waals surface area contributed by atoms with E-state index in [0.29, 0.717) is 5.92 Å². The van der Waals surface area contributed by atoms with Gasteiger partial charge in [0.2, 0.25) is 0 Å². The third kappa shape index (κ3) is 3.15. The Labute approximate surface area is 154 Å². The van der Waals surface area contributed by atoms with Crippen molar-refractivity contribution in [1.29, 1.82) is 0 Å². The third-order valence-corrected chi connectivity index (χ3v) is 5.24. The topological polar surface area (TPSA) is 28.7 Å². The molecule has 2 nitrogen and oxygen atoms in total. The Bertz CT molecular complexity index is 1020. The van der Waals surface area contributed by atoms with Crippen LogP contribution in [-0.4, -0.2) is 9.97 Å². The molecule has 0 bridgehead atoms. The molecule has 0 fully saturated rings. The number of H-pyrrole nitrogens is 1. The molecule has 1 unspecified atom stereocenters. The molecule has 4 aromatic rings. The first-order chi connectivity index (χ1) is 12.6. The highest BCUT2D eigenvalue weighted by Gasteiger charge is 2.06. The number of aromatic nitrogens is 2. The van der Waals surface area contributed by atoms with Gasteiger partial charge in [0.05, 0.1) is 11.0 Å². The first-order valence-electron chi connectivity index (χ1n) is 9.31. The molecular formula is C24H24N2. The van der Waals surface area contributed by atoms with Crippen LogP contribution in [0.25, 0.3) is 33.3 Å². The van der Waals surface area contributed by atoms with Crippen molar-refractivity contribution < 1.29 is 0 Å². The monoisotopic (exact) mass is 340 g/mol. The van der Waals surface area contributed by atoms with E-state index in [9.17, 15) is 0 Å². The van der Waals surface area contributed by atoms with Gasteiger partial charge in [-0.05, 0) is 59.2 Å². The Morgan fingerprint density at radius 3 is 1.96 bits per heavy atom. The zero-order valence-electron chi connectivity index (χ0n) is 15.6. The predicted molar refractivity (Wildman–Crippen MR) is 110 cm³/mol. The van der Waals surface area contributed by atoms with Crippen molar-refractivity contribution in [2.75, 3.05) is 0 Å². The fourth-order valence-electron chi connectivity index (χ4n) is 3.41. The quantitative estimate of drug-likeness (QED) is 0.439. The zero-order chi connectivity index (χ0) is 18.1. The predicted octanol–water partition coefficient (Wildman–Crippen LogP) is 6.72. The number of hydrogen-bond donors (Lipinski definition) is 1. The van der Waals surface area contributed by atoms with E-state index in [1.807, 2.05) is 6.92 Å². The van der Waals surface area contributed by atoms with Crippen molar-refractivity contribution in [3.63, 3.8) is 0 Å². The van der Waals surface area contributed by atoms with Gasteiger partial charge >= 0.3 is 0 Å². The lowest BCUT2D eigenvalue weighted by molar-refractivity contribution is 0.734. The average molecular weight is 340 g/mol. The number of fused-ring (bicyclic) bond motifs is 1. The van der Waals surface area contributed by atoms with E-state index in [1.54, 1.807) is 0 Å². The second-order valence-electron chi connectivity index (χ2n) is 7.06. The van der Waals surface area contributed by atoms with E-state index in [1.165, 1.54) is 34.2 Å². The molecule has 0 saturated carbocycles. The summed E-state index contributed by atoms with van der Waals surface area (Å²) in [7, 11) is 0. The van der Waals surface area contributed by atoms with Crippen LogP contribution in [0, 0.1) is 6.92 Å². The first-order valence-corrected chi connectivity index (χ1v) is 9.31. The van der Waals surface area contributed by atoms with Crippen LogP contribution in [0.2, 0.25) is 0 Å². The van der Waals surface area contributed by atoms with Crippen molar-refractivity contribution in [3.05, 3.63) is 78.1 Å². The minimum atomic E-state index is 0.618. The summed E-state index contributed by atoms with van der Waals surface area (Å²) in [6.45, 7) is 6.50. The molecule has 3 aromatic carbocycles. The number of benzene rings is 3. The lowest BCUT2D eigenvalue weighted by Crippen LogP contribution is -1.90. The molecule has 0 spiro atoms. The summed E-state index contributed by atoms with van der Waals surface area (Å²) in [5, 5.41) is 0. The number of imidazole rings is 1. The highest BCUT2D eigenvalue weighted by molar-refractivity contribution is 5.82. The molecule has 0 aliphatic carbocycles. The van der Waals surface area contributed by atoms with Crippen LogP contribution in [0.3, 0.4) is 0 Å². The van der Waals surface area contributed by atoms with E-state index < -0.39 is 0 Å². The number of rotatable bonds is 4. The first kappa shape index (κ1) is 16.6.